The first-order chi connectivity index (χ1) is 17.1. The van der Waals surface area contributed by atoms with Gasteiger partial charge in [-0.3, -0.25) is 4.79 Å². The number of carbonyl (C=O) groups is 1. The molecule has 0 saturated carbocycles. The van der Waals surface area contributed by atoms with Crippen LogP contribution in [0.2, 0.25) is 0 Å². The first-order valence-electron chi connectivity index (χ1n) is 16.3. The first-order valence-corrected chi connectivity index (χ1v) is 16.3. The molecule has 0 fully saturated rings. The van der Waals surface area contributed by atoms with Gasteiger partial charge in [0.2, 0.25) is 0 Å². The third kappa shape index (κ3) is 22.4. The highest BCUT2D eigenvalue weighted by Crippen LogP contribution is 2.33. The largest absolute Gasteiger partial charge is 0.465 e. The molecule has 210 valence electrons. The van der Waals surface area contributed by atoms with Crippen molar-refractivity contribution in [1.82, 2.24) is 0 Å². The third-order valence-electron chi connectivity index (χ3n) is 7.89. The second kappa shape index (κ2) is 26.5. The number of ether oxygens (including phenoxy) is 1. The Bertz CT molecular complexity index is 433. The summed E-state index contributed by atoms with van der Waals surface area (Å²) >= 11 is 0. The van der Waals surface area contributed by atoms with E-state index in [4.69, 9.17) is 4.74 Å². The smallest absolute Gasteiger partial charge is 0.311 e. The van der Waals surface area contributed by atoms with E-state index in [1.54, 1.807) is 0 Å². The molecule has 0 radical (unpaired) electrons. The van der Waals surface area contributed by atoms with E-state index in [0.717, 1.165) is 25.7 Å². The van der Waals surface area contributed by atoms with Crippen LogP contribution in [0.15, 0.2) is 0 Å². The van der Waals surface area contributed by atoms with E-state index in [0.29, 0.717) is 6.61 Å². The topological polar surface area (TPSA) is 26.3 Å². The van der Waals surface area contributed by atoms with Crippen molar-refractivity contribution in [2.75, 3.05) is 6.61 Å². The lowest BCUT2D eigenvalue weighted by Crippen LogP contribution is -2.30. The number of carbonyl (C=O) groups excluding carboxylic acids is 1. The summed E-state index contributed by atoms with van der Waals surface area (Å²) in [5.74, 6) is 0.0780. The van der Waals surface area contributed by atoms with Crippen LogP contribution >= 0.6 is 0 Å². The fourth-order valence-corrected chi connectivity index (χ4v) is 5.20. The number of hydrogen-bond donors (Lipinski definition) is 0. The summed E-state index contributed by atoms with van der Waals surface area (Å²) in [6.07, 6.45) is 33.7. The minimum absolute atomic E-state index is 0.0780. The maximum absolute atomic E-state index is 13.0. The summed E-state index contributed by atoms with van der Waals surface area (Å²) in [5.41, 5.74) is -0.270. The van der Waals surface area contributed by atoms with Crippen LogP contribution in [0.1, 0.15) is 195 Å². The lowest BCUT2D eigenvalue weighted by atomic mass is 9.79. The van der Waals surface area contributed by atoms with E-state index in [9.17, 15) is 4.79 Å². The molecule has 0 aliphatic heterocycles. The van der Waals surface area contributed by atoms with Gasteiger partial charge in [0.15, 0.2) is 0 Å². The van der Waals surface area contributed by atoms with E-state index in [1.165, 1.54) is 141 Å². The van der Waals surface area contributed by atoms with Crippen LogP contribution in [0, 0.1) is 5.41 Å². The summed E-state index contributed by atoms with van der Waals surface area (Å²) in [7, 11) is 0. The number of hydrogen-bond acceptors (Lipinski definition) is 2. The molecule has 0 aromatic rings. The van der Waals surface area contributed by atoms with Crippen LogP contribution < -0.4 is 0 Å². The van der Waals surface area contributed by atoms with Crippen LogP contribution in [0.4, 0.5) is 0 Å². The minimum atomic E-state index is -0.270. The Morgan fingerprint density at radius 2 is 0.743 bits per heavy atom. The van der Waals surface area contributed by atoms with Gasteiger partial charge in [0, 0.05) is 0 Å². The fourth-order valence-electron chi connectivity index (χ4n) is 5.20. The van der Waals surface area contributed by atoms with Gasteiger partial charge in [-0.15, -0.1) is 0 Å². The van der Waals surface area contributed by atoms with Gasteiger partial charge in [0.1, 0.15) is 0 Å². The summed E-state index contributed by atoms with van der Waals surface area (Å²) in [6.45, 7) is 9.59. The molecule has 2 nitrogen and oxygen atoms in total. The molecular weight excluding hydrogens is 428 g/mol. The quantitative estimate of drug-likeness (QED) is 0.0798. The number of unbranched alkanes of at least 4 members (excludes halogenated alkanes) is 21. The van der Waals surface area contributed by atoms with Gasteiger partial charge < -0.3 is 4.74 Å². The maximum atomic E-state index is 13.0. The Morgan fingerprint density at radius 1 is 0.457 bits per heavy atom. The third-order valence-corrected chi connectivity index (χ3v) is 7.89. The Labute approximate surface area is 222 Å². The molecule has 2 heteroatoms. The molecule has 0 aliphatic rings. The Balaban J connectivity index is 3.92. The molecule has 0 aromatic carbocycles. The first kappa shape index (κ1) is 34.5. The Kier molecular flexibility index (Phi) is 26.1. The highest BCUT2D eigenvalue weighted by molar-refractivity contribution is 5.76. The van der Waals surface area contributed by atoms with Crippen molar-refractivity contribution < 1.29 is 9.53 Å². The van der Waals surface area contributed by atoms with Crippen molar-refractivity contribution in [3.8, 4) is 0 Å². The van der Waals surface area contributed by atoms with Crippen molar-refractivity contribution in [2.45, 2.75) is 195 Å². The van der Waals surface area contributed by atoms with Crippen LogP contribution in [0.3, 0.4) is 0 Å². The van der Waals surface area contributed by atoms with Crippen LogP contribution in [-0.2, 0) is 9.53 Å². The molecule has 0 rings (SSSR count). The van der Waals surface area contributed by atoms with Gasteiger partial charge in [-0.25, -0.2) is 0 Å². The van der Waals surface area contributed by atoms with Gasteiger partial charge in [0.25, 0.3) is 0 Å². The second-order valence-corrected chi connectivity index (χ2v) is 11.6. The van der Waals surface area contributed by atoms with E-state index in [-0.39, 0.29) is 11.4 Å². The molecule has 1 atom stereocenters. The zero-order chi connectivity index (χ0) is 25.9. The van der Waals surface area contributed by atoms with Gasteiger partial charge in [-0.1, -0.05) is 168 Å². The molecular formula is C33H66O2. The Hall–Kier alpha value is -0.530. The average Bonchev–Trinajstić information content (AvgIpc) is 2.86. The molecule has 0 heterocycles. The summed E-state index contributed by atoms with van der Waals surface area (Å²) < 4.78 is 5.80. The minimum Gasteiger partial charge on any atom is -0.465 e. The van der Waals surface area contributed by atoms with Crippen LogP contribution in [-0.4, -0.2) is 12.6 Å². The maximum Gasteiger partial charge on any atom is 0.311 e. The molecule has 1 unspecified atom stereocenters. The SMILES string of the molecule is CCCCCCCCCCCCCCCCC(C)(CCCCC)C(=O)OCCCCCCCCC. The lowest BCUT2D eigenvalue weighted by molar-refractivity contribution is -0.156. The predicted molar refractivity (Wildman–Crippen MR) is 156 cm³/mol. The molecule has 0 bridgehead atoms. The molecule has 35 heavy (non-hydrogen) atoms. The van der Waals surface area contributed by atoms with Crippen molar-refractivity contribution in [1.29, 1.82) is 0 Å². The van der Waals surface area contributed by atoms with E-state index >= 15 is 0 Å². The van der Waals surface area contributed by atoms with Gasteiger partial charge in [-0.2, -0.15) is 0 Å². The number of rotatable bonds is 28. The molecule has 0 saturated heterocycles. The van der Waals surface area contributed by atoms with E-state index < -0.39 is 0 Å². The fraction of sp³-hybridized carbons (Fsp3) is 0.970. The van der Waals surface area contributed by atoms with Gasteiger partial charge in [0.05, 0.1) is 12.0 Å². The van der Waals surface area contributed by atoms with Gasteiger partial charge >= 0.3 is 5.97 Å². The van der Waals surface area contributed by atoms with Gasteiger partial charge in [-0.05, 0) is 26.2 Å². The van der Waals surface area contributed by atoms with Crippen LogP contribution in [0.5, 0.6) is 0 Å². The predicted octanol–water partition coefficient (Wildman–Crippen LogP) is 11.7. The normalized spacial score (nSPS) is 13.1. The summed E-state index contributed by atoms with van der Waals surface area (Å²) in [5, 5.41) is 0. The molecule has 0 aliphatic carbocycles. The zero-order valence-corrected chi connectivity index (χ0v) is 24.9. The molecule has 0 N–H and O–H groups in total. The van der Waals surface area contributed by atoms with Crippen molar-refractivity contribution >= 4 is 5.97 Å². The van der Waals surface area contributed by atoms with Crippen molar-refractivity contribution in [3.63, 3.8) is 0 Å². The second-order valence-electron chi connectivity index (χ2n) is 11.6. The van der Waals surface area contributed by atoms with E-state index in [1.807, 2.05) is 0 Å². The Morgan fingerprint density at radius 3 is 1.14 bits per heavy atom. The average molecular weight is 495 g/mol. The van der Waals surface area contributed by atoms with Crippen molar-refractivity contribution in [3.05, 3.63) is 0 Å². The lowest BCUT2D eigenvalue weighted by Gasteiger charge is -2.27. The molecule has 0 amide bonds. The zero-order valence-electron chi connectivity index (χ0n) is 24.9. The highest BCUT2D eigenvalue weighted by Gasteiger charge is 2.33. The monoisotopic (exact) mass is 495 g/mol. The summed E-state index contributed by atoms with van der Waals surface area (Å²) in [4.78, 5) is 13.0. The van der Waals surface area contributed by atoms with Crippen molar-refractivity contribution in [2.24, 2.45) is 5.41 Å². The van der Waals surface area contributed by atoms with Crippen LogP contribution in [0.25, 0.3) is 0 Å². The molecule has 0 aromatic heterocycles. The highest BCUT2D eigenvalue weighted by atomic mass is 16.5. The van der Waals surface area contributed by atoms with E-state index in [2.05, 4.69) is 27.7 Å². The summed E-state index contributed by atoms with van der Waals surface area (Å²) in [6, 6.07) is 0. The molecule has 0 spiro atoms. The number of esters is 1. The standard InChI is InChI=1S/C33H66O2/c1-5-8-11-13-15-16-17-18-19-20-21-22-24-27-30-33(4,29-26-10-7-3)32(34)35-31-28-25-23-14-12-9-6-2/h5-31H2,1-4H3.